The molecule has 2 aliphatic heterocycles. The van der Waals surface area contributed by atoms with E-state index in [1.54, 1.807) is 13.8 Å². The van der Waals surface area contributed by atoms with Crippen molar-refractivity contribution in [2.45, 2.75) is 90.0 Å². The molecule has 2 aliphatic rings. The second-order valence-corrected chi connectivity index (χ2v) is 9.16. The molecule has 0 radical (unpaired) electrons. The van der Waals surface area contributed by atoms with Crippen LogP contribution in [0.25, 0.3) is 0 Å². The van der Waals surface area contributed by atoms with Gasteiger partial charge in [0, 0.05) is 45.2 Å². The molecule has 2 saturated heterocycles. The molecule has 1 unspecified atom stereocenters. The molecule has 0 aliphatic carbocycles. The average Bonchev–Trinajstić information content (AvgIpc) is 3.33. The molecule has 3 rings (SSSR count). The summed E-state index contributed by atoms with van der Waals surface area (Å²) >= 11 is 0. The average molecular weight is 524 g/mol. The number of fused-ring (bicyclic) bond motifs is 1. The molecule has 0 bridgehead atoms. The number of H-pyrrole nitrogens is 1. The second kappa shape index (κ2) is 13.3. The largest absolute Gasteiger partial charge is 0.394 e. The Balaban J connectivity index is 1.56. The number of amides is 1. The Kier molecular flexibility index (Phi) is 10.5. The first-order chi connectivity index (χ1) is 17.7. The fourth-order valence-electron chi connectivity index (χ4n) is 4.30. The Morgan fingerprint density at radius 1 is 1.24 bits per heavy atom. The number of aliphatic hydroxyl groups excluding tert-OH is 1. The zero-order chi connectivity index (χ0) is 27.0. The summed E-state index contributed by atoms with van der Waals surface area (Å²) in [5, 5.41) is 12.5. The standard InChI is InChI=1S/C25H37N3O9/c1-5-33-19(34-6-2)12-9-13-26-18(30)11-8-7-10-16-14-28(24(32)27-22(16)31)23-21-20(17(15-29)35-23)36-25(3,4)37-21/h14,17,19-21,23,29H,5-6,8-9,11-13,15H2,1-4H3,(H,26,30)(H,27,31,32)/t17-,20?,21+,23-/m1/s1. The number of carbonyl (C=O) groups is 1. The van der Waals surface area contributed by atoms with Gasteiger partial charge in [-0.15, -0.1) is 0 Å². The van der Waals surface area contributed by atoms with Gasteiger partial charge in [0.05, 0.1) is 6.61 Å². The third-order valence-corrected chi connectivity index (χ3v) is 5.89. The van der Waals surface area contributed by atoms with Crippen molar-refractivity contribution in [2.75, 3.05) is 26.4 Å². The number of aromatic nitrogens is 2. The Morgan fingerprint density at radius 2 is 1.95 bits per heavy atom. The van der Waals surface area contributed by atoms with Gasteiger partial charge in [-0.2, -0.15) is 0 Å². The highest BCUT2D eigenvalue weighted by Crippen LogP contribution is 2.42. The van der Waals surface area contributed by atoms with Crippen LogP contribution < -0.4 is 16.6 Å². The third-order valence-electron chi connectivity index (χ3n) is 5.89. The van der Waals surface area contributed by atoms with Crippen molar-refractivity contribution in [2.24, 2.45) is 0 Å². The van der Waals surface area contributed by atoms with E-state index in [1.165, 1.54) is 10.8 Å². The van der Waals surface area contributed by atoms with Crippen molar-refractivity contribution in [1.29, 1.82) is 0 Å². The normalized spacial score (nSPS) is 24.1. The Morgan fingerprint density at radius 3 is 2.62 bits per heavy atom. The molecule has 1 amide bonds. The lowest BCUT2D eigenvalue weighted by Crippen LogP contribution is -2.38. The van der Waals surface area contributed by atoms with Gasteiger partial charge in [-0.1, -0.05) is 11.8 Å². The van der Waals surface area contributed by atoms with E-state index in [0.29, 0.717) is 32.6 Å². The molecule has 1 aromatic rings. The Bertz CT molecular complexity index is 1080. The highest BCUT2D eigenvalue weighted by atomic mass is 16.8. The van der Waals surface area contributed by atoms with Gasteiger partial charge in [0.15, 0.2) is 18.3 Å². The van der Waals surface area contributed by atoms with E-state index in [9.17, 15) is 19.5 Å². The van der Waals surface area contributed by atoms with Crippen molar-refractivity contribution in [3.05, 3.63) is 32.6 Å². The summed E-state index contributed by atoms with van der Waals surface area (Å²) in [6.45, 7) is 8.58. The number of carbonyl (C=O) groups excluding carboxylic acids is 1. The molecule has 3 heterocycles. The van der Waals surface area contributed by atoms with Gasteiger partial charge in [-0.3, -0.25) is 19.1 Å². The summed E-state index contributed by atoms with van der Waals surface area (Å²) < 4.78 is 29.7. The first-order valence-electron chi connectivity index (χ1n) is 12.6. The molecule has 12 nitrogen and oxygen atoms in total. The molecule has 4 atom stereocenters. The molecule has 0 aromatic carbocycles. The van der Waals surface area contributed by atoms with Crippen LogP contribution in [0.5, 0.6) is 0 Å². The van der Waals surface area contributed by atoms with Crippen LogP contribution in [0.3, 0.4) is 0 Å². The van der Waals surface area contributed by atoms with Gasteiger partial charge >= 0.3 is 5.69 Å². The highest BCUT2D eigenvalue weighted by Gasteiger charge is 2.55. The summed E-state index contributed by atoms with van der Waals surface area (Å²) in [5.74, 6) is 4.47. The maximum absolute atomic E-state index is 12.5. The number of aliphatic hydroxyl groups is 1. The minimum absolute atomic E-state index is 0.0451. The fourth-order valence-corrected chi connectivity index (χ4v) is 4.30. The smallest absolute Gasteiger partial charge is 0.330 e. The van der Waals surface area contributed by atoms with Crippen LogP contribution in [-0.2, 0) is 28.5 Å². The number of hydrogen-bond donors (Lipinski definition) is 3. The molecular weight excluding hydrogens is 486 g/mol. The second-order valence-electron chi connectivity index (χ2n) is 9.16. The summed E-state index contributed by atoms with van der Waals surface area (Å²) in [6.07, 6.45) is 0.00144. The number of aromatic amines is 1. The molecule has 2 fully saturated rings. The Labute approximate surface area is 215 Å². The van der Waals surface area contributed by atoms with E-state index in [2.05, 4.69) is 22.1 Å². The minimum Gasteiger partial charge on any atom is -0.394 e. The number of nitrogens with zero attached hydrogens (tertiary/aromatic N) is 1. The van der Waals surface area contributed by atoms with Crippen molar-refractivity contribution >= 4 is 5.91 Å². The van der Waals surface area contributed by atoms with Crippen LogP contribution in [0.2, 0.25) is 0 Å². The maximum atomic E-state index is 12.5. The van der Waals surface area contributed by atoms with E-state index < -0.39 is 41.6 Å². The van der Waals surface area contributed by atoms with Crippen LogP contribution >= 0.6 is 0 Å². The molecule has 0 spiro atoms. The third kappa shape index (κ3) is 7.73. The predicted octanol–water partition coefficient (Wildman–Crippen LogP) is 0.374. The number of rotatable bonds is 12. The van der Waals surface area contributed by atoms with Gasteiger partial charge in [0.25, 0.3) is 5.56 Å². The van der Waals surface area contributed by atoms with Crippen molar-refractivity contribution in [3.63, 3.8) is 0 Å². The molecule has 0 saturated carbocycles. The van der Waals surface area contributed by atoms with E-state index in [0.717, 1.165) is 0 Å². The van der Waals surface area contributed by atoms with Gasteiger partial charge in [-0.25, -0.2) is 4.79 Å². The lowest BCUT2D eigenvalue weighted by atomic mass is 10.1. The first-order valence-corrected chi connectivity index (χ1v) is 12.6. The van der Waals surface area contributed by atoms with Crippen molar-refractivity contribution in [1.82, 2.24) is 14.9 Å². The van der Waals surface area contributed by atoms with E-state index in [-0.39, 0.29) is 37.2 Å². The van der Waals surface area contributed by atoms with Gasteiger partial charge < -0.3 is 34.1 Å². The number of hydrogen-bond acceptors (Lipinski definition) is 9. The zero-order valence-corrected chi connectivity index (χ0v) is 21.8. The lowest BCUT2D eigenvalue weighted by Gasteiger charge is -2.24. The quantitative estimate of drug-likeness (QED) is 0.201. The van der Waals surface area contributed by atoms with Gasteiger partial charge in [-0.05, 0) is 34.1 Å². The molecule has 3 N–H and O–H groups in total. The molecule has 37 heavy (non-hydrogen) atoms. The maximum Gasteiger partial charge on any atom is 0.330 e. The summed E-state index contributed by atoms with van der Waals surface area (Å²) in [6, 6.07) is 0. The minimum atomic E-state index is -0.912. The molecule has 12 heteroatoms. The predicted molar refractivity (Wildman–Crippen MR) is 132 cm³/mol. The molecule has 206 valence electrons. The SMILES string of the molecule is CCOC(CCCNC(=O)CCC#Cc1cn([C@@H]2O[C@H](CO)C3OC(C)(C)O[C@@H]32)c(=O)[nH]c1=O)OCC. The van der Waals surface area contributed by atoms with Crippen LogP contribution in [0, 0.1) is 11.8 Å². The van der Waals surface area contributed by atoms with Crippen LogP contribution in [0.1, 0.15) is 65.2 Å². The highest BCUT2D eigenvalue weighted by molar-refractivity contribution is 5.76. The van der Waals surface area contributed by atoms with Crippen LogP contribution in [0.15, 0.2) is 15.8 Å². The van der Waals surface area contributed by atoms with Crippen LogP contribution in [0.4, 0.5) is 0 Å². The Hall–Kier alpha value is -2.53. The number of nitrogens with one attached hydrogen (secondary N) is 2. The monoisotopic (exact) mass is 523 g/mol. The van der Waals surface area contributed by atoms with E-state index in [1.807, 2.05) is 13.8 Å². The fraction of sp³-hybridized carbons (Fsp3) is 0.720. The van der Waals surface area contributed by atoms with E-state index in [4.69, 9.17) is 23.7 Å². The first kappa shape index (κ1) is 29.0. The van der Waals surface area contributed by atoms with Crippen LogP contribution in [-0.4, -0.2) is 77.3 Å². The zero-order valence-electron chi connectivity index (χ0n) is 21.8. The molecular formula is C25H37N3O9. The summed E-state index contributed by atoms with van der Waals surface area (Å²) in [7, 11) is 0. The summed E-state index contributed by atoms with van der Waals surface area (Å²) in [4.78, 5) is 39.2. The van der Waals surface area contributed by atoms with E-state index >= 15 is 0 Å². The topological polar surface area (TPSA) is 150 Å². The van der Waals surface area contributed by atoms with Gasteiger partial charge in [0.2, 0.25) is 5.91 Å². The van der Waals surface area contributed by atoms with Crippen molar-refractivity contribution in [3.8, 4) is 11.8 Å². The lowest BCUT2D eigenvalue weighted by molar-refractivity contribution is -0.200. The van der Waals surface area contributed by atoms with Gasteiger partial charge in [0.1, 0.15) is 23.9 Å². The number of ether oxygens (including phenoxy) is 5. The van der Waals surface area contributed by atoms with Crippen molar-refractivity contribution < 1.29 is 33.6 Å². The summed E-state index contributed by atoms with van der Waals surface area (Å²) in [5.41, 5.74) is -1.29. The molecule has 1 aromatic heterocycles.